The van der Waals surface area contributed by atoms with Gasteiger partial charge >= 0.3 is 0 Å². The molecule has 0 fully saturated rings. The van der Waals surface area contributed by atoms with Crippen molar-refractivity contribution < 1.29 is 0 Å². The van der Waals surface area contributed by atoms with Gasteiger partial charge in [0.05, 0.1) is 0 Å². The highest BCUT2D eigenvalue weighted by atomic mass is 15.4. The third kappa shape index (κ3) is 1.32. The number of hydrogen-bond donors (Lipinski definition) is 2. The maximum atomic E-state index is 5.37. The summed E-state index contributed by atoms with van der Waals surface area (Å²) < 4.78 is 0. The molecule has 5 nitrogen and oxygen atoms in total. The van der Waals surface area contributed by atoms with Crippen LogP contribution in [0.4, 0.5) is 11.6 Å². The van der Waals surface area contributed by atoms with E-state index in [1.807, 2.05) is 0 Å². The van der Waals surface area contributed by atoms with E-state index in [4.69, 9.17) is 11.6 Å². The van der Waals surface area contributed by atoms with E-state index in [0.717, 1.165) is 0 Å². The Balaban J connectivity index is 2.96. The summed E-state index contributed by atoms with van der Waals surface area (Å²) in [4.78, 5) is 7.56. The van der Waals surface area contributed by atoms with E-state index in [0.29, 0.717) is 11.6 Å². The molecule has 0 amide bonds. The minimum Gasteiger partial charge on any atom is -0.384 e. The zero-order chi connectivity index (χ0) is 7.56. The zero-order valence-corrected chi connectivity index (χ0v) is 5.65. The minimum atomic E-state index is 0.419. The van der Waals surface area contributed by atoms with Gasteiger partial charge in [-0.3, -0.25) is 5.01 Å². The van der Waals surface area contributed by atoms with Crippen molar-refractivity contribution in [2.24, 2.45) is 5.84 Å². The monoisotopic (exact) mass is 139 g/mol. The van der Waals surface area contributed by atoms with Crippen LogP contribution in [0, 0.1) is 0 Å². The van der Waals surface area contributed by atoms with Crippen LogP contribution >= 0.6 is 0 Å². The summed E-state index contributed by atoms with van der Waals surface area (Å²) in [5.74, 6) is 6.39. The average Bonchev–Trinajstić information content (AvgIpc) is 1.88. The summed E-state index contributed by atoms with van der Waals surface area (Å²) in [7, 11) is 1.68. The number of aromatic nitrogens is 2. The quantitative estimate of drug-likeness (QED) is 0.400. The summed E-state index contributed by atoms with van der Waals surface area (Å²) in [5, 5.41) is 1.37. The molecule has 1 aromatic rings. The number of nitrogens with zero attached hydrogens (tertiary/aromatic N) is 3. The van der Waals surface area contributed by atoms with Crippen molar-refractivity contribution in [2.45, 2.75) is 0 Å². The molecule has 0 unspecified atom stereocenters. The van der Waals surface area contributed by atoms with Crippen LogP contribution in [0.3, 0.4) is 0 Å². The van der Waals surface area contributed by atoms with Gasteiger partial charge in [0, 0.05) is 13.1 Å². The number of hydrogen-bond acceptors (Lipinski definition) is 5. The van der Waals surface area contributed by atoms with Crippen LogP contribution in [0.25, 0.3) is 0 Å². The molecule has 0 aromatic carbocycles. The van der Waals surface area contributed by atoms with Crippen LogP contribution in [-0.4, -0.2) is 17.0 Å². The Labute approximate surface area is 58.6 Å². The maximum Gasteiger partial charge on any atom is 0.147 e. The summed E-state index contributed by atoms with van der Waals surface area (Å²) in [6.45, 7) is 0. The van der Waals surface area contributed by atoms with Crippen molar-refractivity contribution in [3.8, 4) is 0 Å². The number of nitrogen functional groups attached to an aromatic ring is 1. The predicted molar refractivity (Wildman–Crippen MR) is 39.0 cm³/mol. The third-order valence-corrected chi connectivity index (χ3v) is 1.04. The lowest BCUT2D eigenvalue weighted by Gasteiger charge is -2.09. The van der Waals surface area contributed by atoms with Crippen molar-refractivity contribution in [3.05, 3.63) is 12.4 Å². The number of nitrogens with two attached hydrogens (primary N) is 2. The molecule has 4 N–H and O–H groups in total. The molecule has 1 rings (SSSR count). The van der Waals surface area contributed by atoms with E-state index >= 15 is 0 Å². The molecule has 0 bridgehead atoms. The van der Waals surface area contributed by atoms with Crippen molar-refractivity contribution in [3.63, 3.8) is 0 Å². The molecule has 1 heterocycles. The second kappa shape index (κ2) is 2.49. The Hall–Kier alpha value is -1.36. The van der Waals surface area contributed by atoms with Crippen molar-refractivity contribution in [1.29, 1.82) is 0 Å². The first-order chi connectivity index (χ1) is 4.70. The highest BCUT2D eigenvalue weighted by Crippen LogP contribution is 2.05. The van der Waals surface area contributed by atoms with Crippen molar-refractivity contribution >= 4 is 11.6 Å². The van der Waals surface area contributed by atoms with Gasteiger partial charge in [-0.25, -0.2) is 15.8 Å². The fourth-order valence-corrected chi connectivity index (χ4v) is 0.554. The topological polar surface area (TPSA) is 81.1 Å². The average molecular weight is 139 g/mol. The lowest BCUT2D eigenvalue weighted by molar-refractivity contribution is 0.965. The number of anilines is 2. The molecular weight excluding hydrogens is 130 g/mol. The number of hydrazine groups is 1. The van der Waals surface area contributed by atoms with Crippen LogP contribution < -0.4 is 16.6 Å². The molecule has 0 saturated heterocycles. The summed E-state index contributed by atoms with van der Waals surface area (Å²) in [6.07, 6.45) is 1.37. The smallest absolute Gasteiger partial charge is 0.147 e. The molecule has 5 heteroatoms. The lowest BCUT2D eigenvalue weighted by atomic mass is 10.5. The first-order valence-electron chi connectivity index (χ1n) is 2.76. The zero-order valence-electron chi connectivity index (χ0n) is 5.65. The van der Waals surface area contributed by atoms with Gasteiger partial charge in [0.2, 0.25) is 0 Å². The molecule has 54 valence electrons. The molecular formula is C5H9N5. The molecule has 0 radical (unpaired) electrons. The summed E-state index contributed by atoms with van der Waals surface area (Å²) in [5.41, 5.74) is 5.36. The van der Waals surface area contributed by atoms with Crippen molar-refractivity contribution in [1.82, 2.24) is 9.97 Å². The highest BCUT2D eigenvalue weighted by molar-refractivity contribution is 5.43. The molecule has 0 aliphatic carbocycles. The van der Waals surface area contributed by atoms with E-state index in [-0.39, 0.29) is 0 Å². The van der Waals surface area contributed by atoms with Crippen LogP contribution in [0.1, 0.15) is 0 Å². The molecule has 0 saturated carbocycles. The first-order valence-corrected chi connectivity index (χ1v) is 2.76. The molecule has 1 aromatic heterocycles. The van der Waals surface area contributed by atoms with E-state index in [9.17, 15) is 0 Å². The Morgan fingerprint density at radius 2 is 2.20 bits per heavy atom. The van der Waals surface area contributed by atoms with Gasteiger partial charge in [0.1, 0.15) is 18.0 Å². The SMILES string of the molecule is CN(N)c1cc(N)ncn1. The Morgan fingerprint density at radius 3 is 2.60 bits per heavy atom. The van der Waals surface area contributed by atoms with Gasteiger partial charge in [-0.1, -0.05) is 0 Å². The van der Waals surface area contributed by atoms with Crippen LogP contribution in [0.15, 0.2) is 12.4 Å². The van der Waals surface area contributed by atoms with E-state index in [2.05, 4.69) is 9.97 Å². The van der Waals surface area contributed by atoms with Crippen LogP contribution in [-0.2, 0) is 0 Å². The van der Waals surface area contributed by atoms with E-state index in [1.165, 1.54) is 11.3 Å². The second-order valence-electron chi connectivity index (χ2n) is 1.91. The highest BCUT2D eigenvalue weighted by Gasteiger charge is 1.95. The van der Waals surface area contributed by atoms with Gasteiger partial charge in [-0.15, -0.1) is 0 Å². The van der Waals surface area contributed by atoms with Crippen molar-refractivity contribution in [2.75, 3.05) is 17.8 Å². The molecule has 0 aliphatic heterocycles. The first kappa shape index (κ1) is 6.76. The van der Waals surface area contributed by atoms with Gasteiger partial charge in [-0.2, -0.15) is 0 Å². The van der Waals surface area contributed by atoms with E-state index < -0.39 is 0 Å². The van der Waals surface area contributed by atoms with Crippen LogP contribution in [0.2, 0.25) is 0 Å². The molecule has 0 spiro atoms. The van der Waals surface area contributed by atoms with Gasteiger partial charge < -0.3 is 5.73 Å². The lowest BCUT2D eigenvalue weighted by Crippen LogP contribution is -2.26. The predicted octanol–water partition coefficient (Wildman–Crippen LogP) is -0.631. The Morgan fingerprint density at radius 1 is 1.50 bits per heavy atom. The number of rotatable bonds is 1. The summed E-state index contributed by atoms with van der Waals surface area (Å²) in [6, 6.07) is 1.60. The Kier molecular flexibility index (Phi) is 1.68. The largest absolute Gasteiger partial charge is 0.384 e. The minimum absolute atomic E-state index is 0.419. The van der Waals surface area contributed by atoms with Gasteiger partial charge in [0.15, 0.2) is 0 Å². The maximum absolute atomic E-state index is 5.37. The Bertz CT molecular complexity index is 221. The third-order valence-electron chi connectivity index (χ3n) is 1.04. The van der Waals surface area contributed by atoms with Gasteiger partial charge in [0.25, 0.3) is 0 Å². The molecule has 10 heavy (non-hydrogen) atoms. The summed E-state index contributed by atoms with van der Waals surface area (Å²) >= 11 is 0. The molecule has 0 aliphatic rings. The molecule has 0 atom stereocenters. The fraction of sp³-hybridized carbons (Fsp3) is 0.200. The normalized spacial score (nSPS) is 9.40. The van der Waals surface area contributed by atoms with Gasteiger partial charge in [-0.05, 0) is 0 Å². The fourth-order valence-electron chi connectivity index (χ4n) is 0.554. The van der Waals surface area contributed by atoms with E-state index in [1.54, 1.807) is 13.1 Å². The second-order valence-corrected chi connectivity index (χ2v) is 1.91. The van der Waals surface area contributed by atoms with Crippen LogP contribution in [0.5, 0.6) is 0 Å². The standard InChI is InChI=1S/C5H9N5/c1-10(7)5-2-4(6)8-3-9-5/h2-3H,7H2,1H3,(H2,6,8,9).